The fraction of sp³-hybridized carbons (Fsp3) is 0.190. The third-order valence-electron chi connectivity index (χ3n) is 4.40. The Hall–Kier alpha value is -3.09. The van der Waals surface area contributed by atoms with Gasteiger partial charge in [-0.25, -0.2) is 22.5 Å². The minimum absolute atomic E-state index is 0.142. The fourth-order valence-electron chi connectivity index (χ4n) is 2.96. The lowest BCUT2D eigenvalue weighted by atomic mass is 10.1. The van der Waals surface area contributed by atoms with Gasteiger partial charge in [-0.2, -0.15) is 4.98 Å². The van der Waals surface area contributed by atoms with Crippen molar-refractivity contribution in [3.8, 4) is 0 Å². The lowest BCUT2D eigenvalue weighted by Gasteiger charge is -2.14. The van der Waals surface area contributed by atoms with E-state index in [-0.39, 0.29) is 34.0 Å². The number of nitrogens with zero attached hydrogens (tertiary/aromatic N) is 2. The van der Waals surface area contributed by atoms with Gasteiger partial charge in [-0.05, 0) is 72.6 Å². The van der Waals surface area contributed by atoms with Gasteiger partial charge in [0.2, 0.25) is 16.0 Å². The van der Waals surface area contributed by atoms with Crippen LogP contribution >= 0.6 is 15.9 Å². The molecule has 3 aromatic rings. The number of aryl methyl sites for hydroxylation is 1. The Morgan fingerprint density at radius 2 is 1.88 bits per heavy atom. The molecule has 0 aliphatic carbocycles. The molecule has 0 radical (unpaired) electrons. The smallest absolute Gasteiger partial charge is 0.253 e. The molecule has 0 aliphatic heterocycles. The zero-order chi connectivity index (χ0) is 24.3. The summed E-state index contributed by atoms with van der Waals surface area (Å²) in [7, 11) is -3.63. The van der Waals surface area contributed by atoms with E-state index in [1.54, 1.807) is 26.8 Å². The second kappa shape index (κ2) is 9.81. The largest absolute Gasteiger partial charge is 0.365 e. The van der Waals surface area contributed by atoms with Crippen molar-refractivity contribution in [2.45, 2.75) is 31.7 Å². The molecule has 9 nitrogen and oxygen atoms in total. The van der Waals surface area contributed by atoms with Crippen molar-refractivity contribution < 1.29 is 17.6 Å². The maximum atomic E-state index is 14.1. The monoisotopic (exact) mass is 536 g/mol. The zero-order valence-corrected chi connectivity index (χ0v) is 20.4. The van der Waals surface area contributed by atoms with Crippen LogP contribution in [0.25, 0.3) is 0 Å². The van der Waals surface area contributed by atoms with Gasteiger partial charge in [0, 0.05) is 17.9 Å². The van der Waals surface area contributed by atoms with Crippen molar-refractivity contribution in [3.05, 3.63) is 64.0 Å². The Labute approximate surface area is 199 Å². The Morgan fingerprint density at radius 1 is 1.15 bits per heavy atom. The van der Waals surface area contributed by atoms with Gasteiger partial charge in [0.05, 0.1) is 20.6 Å². The van der Waals surface area contributed by atoms with E-state index in [0.29, 0.717) is 15.7 Å². The number of primary amides is 1. The summed E-state index contributed by atoms with van der Waals surface area (Å²) in [5.74, 6) is -1.22. The topological polar surface area (TPSA) is 139 Å². The van der Waals surface area contributed by atoms with E-state index >= 15 is 0 Å². The third-order valence-corrected chi connectivity index (χ3v) is 6.64. The Bertz CT molecular complexity index is 1320. The summed E-state index contributed by atoms with van der Waals surface area (Å²) < 4.78 is 41.8. The van der Waals surface area contributed by atoms with E-state index in [1.165, 1.54) is 30.5 Å². The molecule has 2 aromatic carbocycles. The summed E-state index contributed by atoms with van der Waals surface area (Å²) >= 11 is 3.32. The van der Waals surface area contributed by atoms with Gasteiger partial charge >= 0.3 is 0 Å². The minimum Gasteiger partial charge on any atom is -0.365 e. The maximum absolute atomic E-state index is 14.1. The average Bonchev–Trinajstić information content (AvgIpc) is 2.70. The van der Waals surface area contributed by atoms with Crippen LogP contribution in [0.1, 0.15) is 29.8 Å². The van der Waals surface area contributed by atoms with Crippen LogP contribution in [-0.2, 0) is 10.0 Å². The number of aromatic nitrogens is 2. The fourth-order valence-corrected chi connectivity index (χ4v) is 4.59. The van der Waals surface area contributed by atoms with Gasteiger partial charge in [0.15, 0.2) is 0 Å². The maximum Gasteiger partial charge on any atom is 0.253 e. The van der Waals surface area contributed by atoms with Crippen LogP contribution < -0.4 is 21.1 Å². The number of hydrogen-bond acceptors (Lipinski definition) is 7. The van der Waals surface area contributed by atoms with Crippen LogP contribution in [-0.4, -0.2) is 30.3 Å². The predicted molar refractivity (Wildman–Crippen MR) is 128 cm³/mol. The van der Waals surface area contributed by atoms with Gasteiger partial charge in [-0.1, -0.05) is 6.07 Å². The van der Waals surface area contributed by atoms with Gasteiger partial charge < -0.3 is 16.4 Å². The molecule has 1 heterocycles. The zero-order valence-electron chi connectivity index (χ0n) is 18.0. The first-order chi connectivity index (χ1) is 15.5. The molecule has 12 heteroatoms. The highest BCUT2D eigenvalue weighted by molar-refractivity contribution is 9.10. The Balaban J connectivity index is 1.88. The van der Waals surface area contributed by atoms with E-state index in [2.05, 4.69) is 41.3 Å². The molecule has 3 rings (SSSR count). The summed E-state index contributed by atoms with van der Waals surface area (Å²) in [6.07, 6.45) is 1.47. The van der Waals surface area contributed by atoms with Gasteiger partial charge in [0.25, 0.3) is 5.91 Å². The Kier molecular flexibility index (Phi) is 7.30. The van der Waals surface area contributed by atoms with Crippen molar-refractivity contribution >= 4 is 55.0 Å². The SMILES string of the molecule is Cc1cc(S(=O)(=O)NC(C)C)ccc1Nc1ncc(Br)c(Nc2cccc(F)c2C(N)=O)n1. The molecule has 1 amide bonds. The van der Waals surface area contributed by atoms with E-state index in [0.717, 1.165) is 6.07 Å². The number of sulfonamides is 1. The van der Waals surface area contributed by atoms with Crippen LogP contribution in [0.15, 0.2) is 52.0 Å². The highest BCUT2D eigenvalue weighted by atomic mass is 79.9. The lowest BCUT2D eigenvalue weighted by Crippen LogP contribution is -2.30. The van der Waals surface area contributed by atoms with E-state index in [1.807, 2.05) is 0 Å². The molecule has 5 N–H and O–H groups in total. The summed E-state index contributed by atoms with van der Waals surface area (Å²) in [5, 5.41) is 5.91. The summed E-state index contributed by atoms with van der Waals surface area (Å²) in [6.45, 7) is 5.24. The van der Waals surface area contributed by atoms with Crippen LogP contribution in [0.3, 0.4) is 0 Å². The van der Waals surface area contributed by atoms with E-state index < -0.39 is 21.7 Å². The van der Waals surface area contributed by atoms with Crippen LogP contribution in [0, 0.1) is 12.7 Å². The molecular weight excluding hydrogens is 515 g/mol. The number of rotatable bonds is 8. The number of nitrogens with one attached hydrogen (secondary N) is 3. The van der Waals surface area contributed by atoms with Crippen LogP contribution in [0.2, 0.25) is 0 Å². The van der Waals surface area contributed by atoms with Crippen molar-refractivity contribution in [1.82, 2.24) is 14.7 Å². The number of nitrogens with two attached hydrogens (primary N) is 1. The molecule has 33 heavy (non-hydrogen) atoms. The molecule has 0 atom stereocenters. The molecule has 0 fully saturated rings. The summed E-state index contributed by atoms with van der Waals surface area (Å²) in [5.41, 5.74) is 6.41. The third kappa shape index (κ3) is 5.83. The molecule has 0 aliphatic rings. The van der Waals surface area contributed by atoms with Crippen molar-refractivity contribution in [2.75, 3.05) is 10.6 Å². The molecule has 0 unspecified atom stereocenters. The number of hydrogen-bond donors (Lipinski definition) is 4. The second-order valence-corrected chi connectivity index (χ2v) is 9.99. The quantitative estimate of drug-likeness (QED) is 0.341. The number of halogens is 2. The average molecular weight is 537 g/mol. The van der Waals surface area contributed by atoms with Crippen molar-refractivity contribution in [3.63, 3.8) is 0 Å². The highest BCUT2D eigenvalue weighted by Gasteiger charge is 2.18. The minimum atomic E-state index is -3.63. The molecule has 0 bridgehead atoms. The van der Waals surface area contributed by atoms with E-state index in [4.69, 9.17) is 5.73 Å². The number of benzene rings is 2. The number of anilines is 4. The molecule has 0 saturated heterocycles. The van der Waals surface area contributed by atoms with Crippen LogP contribution in [0.4, 0.5) is 27.5 Å². The van der Waals surface area contributed by atoms with E-state index in [9.17, 15) is 17.6 Å². The normalized spacial score (nSPS) is 11.5. The lowest BCUT2D eigenvalue weighted by molar-refractivity contribution is 0.0997. The van der Waals surface area contributed by atoms with Crippen molar-refractivity contribution in [2.24, 2.45) is 5.73 Å². The number of carbonyl (C=O) groups excluding carboxylic acids is 1. The first kappa shape index (κ1) is 24.6. The summed E-state index contributed by atoms with van der Waals surface area (Å²) in [4.78, 5) is 20.4. The first-order valence-electron chi connectivity index (χ1n) is 9.76. The number of amides is 1. The van der Waals surface area contributed by atoms with Gasteiger partial charge in [-0.15, -0.1) is 0 Å². The standard InChI is InChI=1S/C21H22BrFN6O3S/c1-11(2)29-33(31,32)13-7-8-16(12(3)9-13)27-21-25-10-14(22)20(28-21)26-17-6-4-5-15(23)18(17)19(24)30/h4-11,29H,1-3H3,(H2,24,30)(H2,25,26,27,28). The molecular formula is C21H22BrFN6O3S. The van der Waals surface area contributed by atoms with Crippen molar-refractivity contribution in [1.29, 1.82) is 0 Å². The summed E-state index contributed by atoms with van der Waals surface area (Å²) in [6, 6.07) is 8.46. The molecule has 174 valence electrons. The molecule has 0 saturated carbocycles. The predicted octanol–water partition coefficient (Wildman–Crippen LogP) is 3.96. The Morgan fingerprint density at radius 3 is 2.52 bits per heavy atom. The molecule has 1 aromatic heterocycles. The number of carbonyl (C=O) groups is 1. The van der Waals surface area contributed by atoms with Gasteiger partial charge in [0.1, 0.15) is 11.6 Å². The van der Waals surface area contributed by atoms with Gasteiger partial charge in [-0.3, -0.25) is 4.79 Å². The highest BCUT2D eigenvalue weighted by Crippen LogP contribution is 2.29. The first-order valence-corrected chi connectivity index (χ1v) is 12.0. The molecule has 0 spiro atoms. The second-order valence-electron chi connectivity index (χ2n) is 7.42. The van der Waals surface area contributed by atoms with Crippen LogP contribution in [0.5, 0.6) is 0 Å².